The lowest BCUT2D eigenvalue weighted by Gasteiger charge is -2.09. The van der Waals surface area contributed by atoms with Crippen LogP contribution in [-0.2, 0) is 4.79 Å². The number of ether oxygens (including phenoxy) is 1. The van der Waals surface area contributed by atoms with E-state index in [-0.39, 0.29) is 11.7 Å². The van der Waals surface area contributed by atoms with E-state index in [0.717, 1.165) is 5.69 Å². The summed E-state index contributed by atoms with van der Waals surface area (Å²) in [4.78, 5) is 20.9. The zero-order valence-corrected chi connectivity index (χ0v) is 15.8. The fourth-order valence-corrected chi connectivity index (χ4v) is 3.38. The third-order valence-corrected chi connectivity index (χ3v) is 4.90. The van der Waals surface area contributed by atoms with Crippen LogP contribution in [0.15, 0.2) is 66.0 Å². The summed E-state index contributed by atoms with van der Waals surface area (Å²) in [5, 5.41) is 11.8. The first-order valence-corrected chi connectivity index (χ1v) is 9.42. The molecule has 1 amide bonds. The molecule has 2 aromatic carbocycles. The maximum absolute atomic E-state index is 12.3. The molecule has 0 atom stereocenters. The van der Waals surface area contributed by atoms with Gasteiger partial charge >= 0.3 is 0 Å². The number of hydrogen-bond acceptors (Lipinski definition) is 7. The van der Waals surface area contributed by atoms with E-state index in [0.29, 0.717) is 27.6 Å². The standard InChI is InChI=1S/C19H16N6O2S/c1-27-15-10-6-5-9-14(15)22-16(26)11-28-19-17-18(20-12-21-19)25(24-23-17)13-7-3-2-4-8-13/h2-10,12H,11H2,1H3,(H,22,26). The quantitative estimate of drug-likeness (QED) is 0.398. The molecule has 2 heterocycles. The Hall–Kier alpha value is -3.46. The molecule has 9 heteroatoms. The summed E-state index contributed by atoms with van der Waals surface area (Å²) in [6, 6.07) is 16.9. The molecule has 8 nitrogen and oxygen atoms in total. The summed E-state index contributed by atoms with van der Waals surface area (Å²) in [7, 11) is 1.56. The zero-order valence-electron chi connectivity index (χ0n) is 14.9. The predicted octanol–water partition coefficient (Wildman–Crippen LogP) is 2.95. The molecule has 1 N–H and O–H groups in total. The number of nitrogens with zero attached hydrogens (tertiary/aromatic N) is 5. The van der Waals surface area contributed by atoms with Gasteiger partial charge < -0.3 is 10.1 Å². The Balaban J connectivity index is 1.51. The van der Waals surface area contributed by atoms with Crippen LogP contribution in [0.5, 0.6) is 5.75 Å². The van der Waals surface area contributed by atoms with Crippen LogP contribution in [0, 0.1) is 0 Å². The number of hydrogen-bond donors (Lipinski definition) is 1. The summed E-state index contributed by atoms with van der Waals surface area (Å²) in [6.07, 6.45) is 1.45. The smallest absolute Gasteiger partial charge is 0.234 e. The molecular weight excluding hydrogens is 376 g/mol. The maximum atomic E-state index is 12.3. The van der Waals surface area contributed by atoms with Crippen LogP contribution < -0.4 is 10.1 Å². The highest BCUT2D eigenvalue weighted by Gasteiger charge is 2.15. The number of carbonyl (C=O) groups excluding carboxylic acids is 1. The Morgan fingerprint density at radius 1 is 1.11 bits per heavy atom. The van der Waals surface area contributed by atoms with E-state index in [1.807, 2.05) is 42.5 Å². The highest BCUT2D eigenvalue weighted by Crippen LogP contribution is 2.26. The van der Waals surface area contributed by atoms with Crippen molar-refractivity contribution in [3.8, 4) is 11.4 Å². The van der Waals surface area contributed by atoms with Crippen LogP contribution in [0.2, 0.25) is 0 Å². The summed E-state index contributed by atoms with van der Waals surface area (Å²) < 4.78 is 6.90. The van der Waals surface area contributed by atoms with E-state index in [1.54, 1.807) is 23.9 Å². The fourth-order valence-electron chi connectivity index (χ4n) is 2.65. The molecule has 0 aliphatic heterocycles. The molecule has 0 fully saturated rings. The van der Waals surface area contributed by atoms with Crippen LogP contribution >= 0.6 is 11.8 Å². The van der Waals surface area contributed by atoms with Crippen molar-refractivity contribution in [2.24, 2.45) is 0 Å². The molecule has 28 heavy (non-hydrogen) atoms. The lowest BCUT2D eigenvalue weighted by molar-refractivity contribution is -0.113. The fraction of sp³-hybridized carbons (Fsp3) is 0.105. The number of nitrogens with one attached hydrogen (secondary N) is 1. The van der Waals surface area contributed by atoms with Gasteiger partial charge in [-0.3, -0.25) is 4.79 Å². The SMILES string of the molecule is COc1ccccc1NC(=O)CSc1ncnc2c1nnn2-c1ccccc1. The van der Waals surface area contributed by atoms with Crippen LogP contribution in [0.25, 0.3) is 16.9 Å². The molecule has 2 aromatic heterocycles. The first-order chi connectivity index (χ1) is 13.8. The van der Waals surface area contributed by atoms with Gasteiger partial charge in [0, 0.05) is 0 Å². The van der Waals surface area contributed by atoms with E-state index in [9.17, 15) is 4.79 Å². The second kappa shape index (κ2) is 8.05. The van der Waals surface area contributed by atoms with Gasteiger partial charge in [-0.1, -0.05) is 47.3 Å². The maximum Gasteiger partial charge on any atom is 0.234 e. The minimum atomic E-state index is -0.170. The van der Waals surface area contributed by atoms with Crippen molar-refractivity contribution < 1.29 is 9.53 Å². The second-order valence-corrected chi connectivity index (χ2v) is 6.69. The van der Waals surface area contributed by atoms with Crippen molar-refractivity contribution in [1.29, 1.82) is 0 Å². The van der Waals surface area contributed by atoms with Crippen molar-refractivity contribution >= 4 is 34.5 Å². The largest absolute Gasteiger partial charge is 0.495 e. The lowest BCUT2D eigenvalue weighted by Crippen LogP contribution is -2.14. The number of benzene rings is 2. The van der Waals surface area contributed by atoms with E-state index < -0.39 is 0 Å². The number of rotatable bonds is 6. The second-order valence-electron chi connectivity index (χ2n) is 5.72. The van der Waals surface area contributed by atoms with Crippen LogP contribution in [0.1, 0.15) is 0 Å². The van der Waals surface area contributed by atoms with E-state index in [4.69, 9.17) is 4.74 Å². The number of carbonyl (C=O) groups is 1. The predicted molar refractivity (Wildman–Crippen MR) is 107 cm³/mol. The molecule has 0 bridgehead atoms. The number of aromatic nitrogens is 5. The Kier molecular flexibility index (Phi) is 5.16. The average Bonchev–Trinajstić information content (AvgIpc) is 3.18. The van der Waals surface area contributed by atoms with Crippen LogP contribution in [-0.4, -0.2) is 43.7 Å². The molecule has 140 valence electrons. The number of anilines is 1. The molecule has 4 aromatic rings. The third-order valence-electron chi connectivity index (χ3n) is 3.93. The number of fused-ring (bicyclic) bond motifs is 1. The van der Waals surface area contributed by atoms with E-state index in [2.05, 4.69) is 25.6 Å². The Morgan fingerprint density at radius 3 is 2.71 bits per heavy atom. The number of methoxy groups -OCH3 is 1. The summed E-state index contributed by atoms with van der Waals surface area (Å²) >= 11 is 1.28. The van der Waals surface area contributed by atoms with Gasteiger partial charge in [0.1, 0.15) is 17.1 Å². The average molecular weight is 392 g/mol. The van der Waals surface area contributed by atoms with Crippen LogP contribution in [0.3, 0.4) is 0 Å². The van der Waals surface area contributed by atoms with Crippen molar-refractivity contribution in [1.82, 2.24) is 25.0 Å². The first-order valence-electron chi connectivity index (χ1n) is 8.44. The van der Waals surface area contributed by atoms with Crippen molar-refractivity contribution in [3.63, 3.8) is 0 Å². The first kappa shape index (κ1) is 17.9. The van der Waals surface area contributed by atoms with Gasteiger partial charge in [0.2, 0.25) is 5.91 Å². The van der Waals surface area contributed by atoms with Gasteiger partial charge in [-0.2, -0.15) is 4.68 Å². The summed E-state index contributed by atoms with van der Waals surface area (Å²) in [5.74, 6) is 0.607. The Morgan fingerprint density at radius 2 is 1.89 bits per heavy atom. The van der Waals surface area contributed by atoms with Gasteiger partial charge in [-0.15, -0.1) is 5.10 Å². The minimum absolute atomic E-state index is 0.169. The monoisotopic (exact) mass is 392 g/mol. The van der Waals surface area contributed by atoms with Crippen molar-refractivity contribution in [3.05, 3.63) is 60.9 Å². The highest BCUT2D eigenvalue weighted by atomic mass is 32.2. The topological polar surface area (TPSA) is 94.8 Å². The molecule has 0 unspecified atom stereocenters. The molecule has 0 aliphatic carbocycles. The molecular formula is C19H16N6O2S. The van der Waals surface area contributed by atoms with Gasteiger partial charge in [0.25, 0.3) is 0 Å². The Bertz CT molecular complexity index is 1120. The number of para-hydroxylation sites is 3. The summed E-state index contributed by atoms with van der Waals surface area (Å²) in [6.45, 7) is 0. The van der Waals surface area contributed by atoms with Gasteiger partial charge in [0.05, 0.1) is 24.2 Å². The normalized spacial score (nSPS) is 10.8. The molecule has 0 saturated carbocycles. The van der Waals surface area contributed by atoms with E-state index in [1.165, 1.54) is 18.1 Å². The van der Waals surface area contributed by atoms with Gasteiger partial charge in [-0.05, 0) is 24.3 Å². The number of amides is 1. The van der Waals surface area contributed by atoms with Crippen molar-refractivity contribution in [2.45, 2.75) is 5.03 Å². The molecule has 0 radical (unpaired) electrons. The van der Waals surface area contributed by atoms with Crippen LogP contribution in [0.4, 0.5) is 5.69 Å². The Labute approximate surface area is 165 Å². The molecule has 0 saturated heterocycles. The third kappa shape index (κ3) is 3.65. The molecule has 4 rings (SSSR count). The molecule has 0 spiro atoms. The van der Waals surface area contributed by atoms with E-state index >= 15 is 0 Å². The summed E-state index contributed by atoms with van der Waals surface area (Å²) in [5.41, 5.74) is 2.63. The van der Waals surface area contributed by atoms with Gasteiger partial charge in [-0.25, -0.2) is 9.97 Å². The van der Waals surface area contributed by atoms with Gasteiger partial charge in [0.15, 0.2) is 11.2 Å². The lowest BCUT2D eigenvalue weighted by atomic mass is 10.3. The molecule has 0 aliphatic rings. The number of thioether (sulfide) groups is 1. The minimum Gasteiger partial charge on any atom is -0.495 e. The van der Waals surface area contributed by atoms with Crippen molar-refractivity contribution in [2.75, 3.05) is 18.2 Å². The highest BCUT2D eigenvalue weighted by molar-refractivity contribution is 8.00. The zero-order chi connectivity index (χ0) is 19.3.